The highest BCUT2D eigenvalue weighted by atomic mass is 16.5. The summed E-state index contributed by atoms with van der Waals surface area (Å²) in [5.74, 6) is 3.75. The molecule has 4 rings (SSSR count). The number of ether oxygens (including phenoxy) is 1. The van der Waals surface area contributed by atoms with Crippen LogP contribution in [0.25, 0.3) is 11.4 Å². The topological polar surface area (TPSA) is 60.2 Å². The van der Waals surface area contributed by atoms with E-state index in [0.29, 0.717) is 18.3 Å². The monoisotopic (exact) mass is 355 g/mol. The summed E-state index contributed by atoms with van der Waals surface area (Å²) in [7, 11) is 1.66. The fourth-order valence-electron chi connectivity index (χ4n) is 5.05. The fourth-order valence-corrected chi connectivity index (χ4v) is 5.05. The summed E-state index contributed by atoms with van der Waals surface area (Å²) < 4.78 is 10.9. The van der Waals surface area contributed by atoms with E-state index in [4.69, 9.17) is 9.26 Å². The van der Waals surface area contributed by atoms with Gasteiger partial charge in [0.05, 0.1) is 19.2 Å². The van der Waals surface area contributed by atoms with Gasteiger partial charge < -0.3 is 14.6 Å². The first kappa shape index (κ1) is 17.5. The van der Waals surface area contributed by atoms with Crippen molar-refractivity contribution in [2.75, 3.05) is 7.11 Å². The maximum atomic E-state index is 5.52. The summed E-state index contributed by atoms with van der Waals surface area (Å²) in [5, 5.41) is 7.97. The molecule has 1 heterocycles. The van der Waals surface area contributed by atoms with Crippen molar-refractivity contribution in [3.8, 4) is 17.1 Å². The zero-order valence-electron chi connectivity index (χ0n) is 15.8. The Labute approximate surface area is 155 Å². The fraction of sp³-hybridized carbons (Fsp3) is 0.619. The molecular formula is C21H29N3O2. The van der Waals surface area contributed by atoms with Gasteiger partial charge in [0.25, 0.3) is 0 Å². The second-order valence-electron chi connectivity index (χ2n) is 8.02. The number of nitrogens with one attached hydrogen (secondary N) is 1. The minimum Gasteiger partial charge on any atom is -0.496 e. The van der Waals surface area contributed by atoms with Gasteiger partial charge in [-0.1, -0.05) is 43.5 Å². The molecule has 0 saturated heterocycles. The standard InChI is InChI=1S/C21H29N3O2/c1-3-15-11-16-7-6-10-21(12-15,13-16)22-14-19-23-20(24-26-19)17-8-4-5-9-18(17)25-2/h4-5,8-9,15-16,22H,3,6-7,10-14H2,1-2H3. The summed E-state index contributed by atoms with van der Waals surface area (Å²) in [5.41, 5.74) is 1.13. The van der Waals surface area contributed by atoms with Crippen molar-refractivity contribution in [2.45, 2.75) is 64.0 Å². The number of hydrogen-bond donors (Lipinski definition) is 1. The lowest BCUT2D eigenvalue weighted by Crippen LogP contribution is -2.52. The Kier molecular flexibility index (Phi) is 4.98. The van der Waals surface area contributed by atoms with Crippen molar-refractivity contribution in [3.63, 3.8) is 0 Å². The summed E-state index contributed by atoms with van der Waals surface area (Å²) in [4.78, 5) is 4.59. The molecule has 0 aliphatic heterocycles. The molecule has 1 N–H and O–H groups in total. The first-order chi connectivity index (χ1) is 12.7. The Morgan fingerprint density at radius 1 is 1.31 bits per heavy atom. The van der Waals surface area contributed by atoms with Crippen molar-refractivity contribution in [3.05, 3.63) is 30.2 Å². The van der Waals surface area contributed by atoms with E-state index in [1.807, 2.05) is 24.3 Å². The summed E-state index contributed by atoms with van der Waals surface area (Å²) in [6, 6.07) is 7.77. The number of aromatic nitrogens is 2. The summed E-state index contributed by atoms with van der Waals surface area (Å²) in [6.07, 6.45) is 9.30. The quantitative estimate of drug-likeness (QED) is 0.821. The average molecular weight is 355 g/mol. The molecule has 2 aliphatic carbocycles. The van der Waals surface area contributed by atoms with Gasteiger partial charge in [-0.3, -0.25) is 0 Å². The minimum atomic E-state index is 0.265. The first-order valence-electron chi connectivity index (χ1n) is 9.92. The number of hydrogen-bond acceptors (Lipinski definition) is 5. The van der Waals surface area contributed by atoms with Crippen LogP contribution in [0.4, 0.5) is 0 Å². The van der Waals surface area contributed by atoms with Crippen LogP contribution in [0.2, 0.25) is 0 Å². The molecule has 5 nitrogen and oxygen atoms in total. The smallest absolute Gasteiger partial charge is 0.240 e. The van der Waals surface area contributed by atoms with Crippen LogP contribution in [-0.4, -0.2) is 22.8 Å². The van der Waals surface area contributed by atoms with Crippen molar-refractivity contribution in [1.29, 1.82) is 0 Å². The van der Waals surface area contributed by atoms with E-state index in [2.05, 4.69) is 22.4 Å². The second-order valence-corrected chi connectivity index (χ2v) is 8.02. The van der Waals surface area contributed by atoms with E-state index in [9.17, 15) is 0 Å². The number of fused-ring (bicyclic) bond motifs is 2. The maximum Gasteiger partial charge on any atom is 0.240 e. The van der Waals surface area contributed by atoms with Crippen LogP contribution in [0.3, 0.4) is 0 Å². The highest BCUT2D eigenvalue weighted by Gasteiger charge is 2.42. The summed E-state index contributed by atoms with van der Waals surface area (Å²) >= 11 is 0. The Hall–Kier alpha value is -1.88. The van der Waals surface area contributed by atoms with Crippen molar-refractivity contribution >= 4 is 0 Å². The second kappa shape index (κ2) is 7.39. The van der Waals surface area contributed by atoms with E-state index in [-0.39, 0.29) is 5.54 Å². The molecule has 140 valence electrons. The molecule has 2 saturated carbocycles. The van der Waals surface area contributed by atoms with Gasteiger partial charge in [-0.15, -0.1) is 0 Å². The molecule has 3 unspecified atom stereocenters. The van der Waals surface area contributed by atoms with E-state index < -0.39 is 0 Å². The van der Waals surface area contributed by atoms with E-state index in [1.165, 1.54) is 44.9 Å². The third-order valence-electron chi connectivity index (χ3n) is 6.30. The zero-order chi connectivity index (χ0) is 18.0. The van der Waals surface area contributed by atoms with Gasteiger partial charge >= 0.3 is 0 Å². The van der Waals surface area contributed by atoms with Gasteiger partial charge in [0.1, 0.15) is 5.75 Å². The van der Waals surface area contributed by atoms with E-state index >= 15 is 0 Å². The first-order valence-corrected chi connectivity index (χ1v) is 9.92. The van der Waals surface area contributed by atoms with Gasteiger partial charge in [-0.2, -0.15) is 4.98 Å². The van der Waals surface area contributed by atoms with Crippen LogP contribution in [0.5, 0.6) is 5.75 Å². The number of methoxy groups -OCH3 is 1. The van der Waals surface area contributed by atoms with Gasteiger partial charge in [0, 0.05) is 5.54 Å². The molecule has 2 fully saturated rings. The van der Waals surface area contributed by atoms with E-state index in [0.717, 1.165) is 23.1 Å². The Bertz CT molecular complexity index is 744. The van der Waals surface area contributed by atoms with Gasteiger partial charge in [0.2, 0.25) is 11.7 Å². The Morgan fingerprint density at radius 2 is 2.19 bits per heavy atom. The SMILES string of the molecule is CCC1CC2CCCC(NCc3nc(-c4ccccc4OC)no3)(C1)C2. The maximum absolute atomic E-state index is 5.52. The predicted octanol–water partition coefficient (Wildman–Crippen LogP) is 4.58. The molecule has 2 aromatic rings. The lowest BCUT2D eigenvalue weighted by atomic mass is 9.63. The van der Waals surface area contributed by atoms with Crippen LogP contribution in [-0.2, 0) is 6.54 Å². The number of benzene rings is 1. The molecule has 0 amide bonds. The normalized spacial score (nSPS) is 28.1. The van der Waals surface area contributed by atoms with Crippen LogP contribution in [0.15, 0.2) is 28.8 Å². The van der Waals surface area contributed by atoms with Crippen LogP contribution in [0, 0.1) is 11.8 Å². The predicted molar refractivity (Wildman–Crippen MR) is 101 cm³/mol. The molecule has 0 spiro atoms. The van der Waals surface area contributed by atoms with Gasteiger partial charge in [-0.05, 0) is 49.7 Å². The molecule has 5 heteroatoms. The lowest BCUT2D eigenvalue weighted by molar-refractivity contribution is 0.0720. The van der Waals surface area contributed by atoms with Crippen LogP contribution >= 0.6 is 0 Å². The molecule has 1 aromatic heterocycles. The molecule has 2 aliphatic rings. The molecular weight excluding hydrogens is 326 g/mol. The highest BCUT2D eigenvalue weighted by molar-refractivity contribution is 5.63. The third-order valence-corrected chi connectivity index (χ3v) is 6.30. The van der Waals surface area contributed by atoms with Crippen LogP contribution in [0.1, 0.15) is 57.8 Å². The van der Waals surface area contributed by atoms with Crippen molar-refractivity contribution < 1.29 is 9.26 Å². The molecule has 2 bridgehead atoms. The third kappa shape index (κ3) is 3.50. The van der Waals surface area contributed by atoms with Crippen molar-refractivity contribution in [1.82, 2.24) is 15.5 Å². The number of para-hydroxylation sites is 1. The zero-order valence-corrected chi connectivity index (χ0v) is 15.8. The van der Waals surface area contributed by atoms with Gasteiger partial charge in [-0.25, -0.2) is 0 Å². The summed E-state index contributed by atoms with van der Waals surface area (Å²) in [6.45, 7) is 2.97. The Morgan fingerprint density at radius 3 is 3.04 bits per heavy atom. The lowest BCUT2D eigenvalue weighted by Gasteiger charge is -2.49. The van der Waals surface area contributed by atoms with Crippen LogP contribution < -0.4 is 10.1 Å². The average Bonchev–Trinajstić information content (AvgIpc) is 3.15. The molecule has 3 atom stereocenters. The largest absolute Gasteiger partial charge is 0.496 e. The highest BCUT2D eigenvalue weighted by Crippen LogP contribution is 2.46. The minimum absolute atomic E-state index is 0.265. The Balaban J connectivity index is 1.46. The number of nitrogens with zero attached hydrogens (tertiary/aromatic N) is 2. The molecule has 1 aromatic carbocycles. The molecule has 0 radical (unpaired) electrons. The number of rotatable bonds is 6. The van der Waals surface area contributed by atoms with Gasteiger partial charge in [0.15, 0.2) is 0 Å². The van der Waals surface area contributed by atoms with Crippen molar-refractivity contribution in [2.24, 2.45) is 11.8 Å². The molecule has 26 heavy (non-hydrogen) atoms. The van der Waals surface area contributed by atoms with E-state index in [1.54, 1.807) is 7.11 Å².